The molecule has 0 spiro atoms. The van der Waals surface area contributed by atoms with Gasteiger partial charge in [-0.15, -0.1) is 0 Å². The maximum absolute atomic E-state index is 12.9. The van der Waals surface area contributed by atoms with E-state index in [9.17, 15) is 4.79 Å². The van der Waals surface area contributed by atoms with Crippen LogP contribution in [0.3, 0.4) is 0 Å². The van der Waals surface area contributed by atoms with Crippen molar-refractivity contribution in [2.45, 2.75) is 45.7 Å². The fraction of sp³-hybridized carbons (Fsp3) is 0.381. The van der Waals surface area contributed by atoms with Crippen molar-refractivity contribution in [1.82, 2.24) is 5.32 Å². The summed E-state index contributed by atoms with van der Waals surface area (Å²) in [6.45, 7) is 7.00. The molecule has 2 aromatic rings. The van der Waals surface area contributed by atoms with E-state index in [2.05, 4.69) is 49.5 Å². The number of carbonyl (C=O) groups is 1. The first-order valence-electron chi connectivity index (χ1n) is 8.82. The molecular formula is C21H26N2O. The summed E-state index contributed by atoms with van der Waals surface area (Å²) in [5, 5.41) is 3.52. The Kier molecular flexibility index (Phi) is 5.00. The first kappa shape index (κ1) is 16.7. The lowest BCUT2D eigenvalue weighted by Crippen LogP contribution is -2.45. The van der Waals surface area contributed by atoms with Gasteiger partial charge in [-0.1, -0.05) is 55.0 Å². The summed E-state index contributed by atoms with van der Waals surface area (Å²) in [4.78, 5) is 14.8. The van der Waals surface area contributed by atoms with E-state index in [0.717, 1.165) is 25.1 Å². The fourth-order valence-corrected chi connectivity index (χ4v) is 3.42. The smallest absolute Gasteiger partial charge is 0.243 e. The van der Waals surface area contributed by atoms with Crippen molar-refractivity contribution >= 4 is 11.6 Å². The molecule has 24 heavy (non-hydrogen) atoms. The lowest BCUT2D eigenvalue weighted by Gasteiger charge is -2.26. The van der Waals surface area contributed by atoms with Crippen LogP contribution in [0.2, 0.25) is 0 Å². The van der Waals surface area contributed by atoms with Crippen LogP contribution in [0.15, 0.2) is 48.5 Å². The molecule has 3 heteroatoms. The van der Waals surface area contributed by atoms with Crippen molar-refractivity contribution in [3.8, 4) is 0 Å². The Morgan fingerprint density at radius 3 is 2.58 bits per heavy atom. The van der Waals surface area contributed by atoms with Gasteiger partial charge >= 0.3 is 0 Å². The molecule has 0 aliphatic carbocycles. The van der Waals surface area contributed by atoms with E-state index >= 15 is 0 Å². The number of carbonyl (C=O) groups excluding carboxylic acids is 1. The molecule has 0 fully saturated rings. The molecule has 126 valence electrons. The van der Waals surface area contributed by atoms with Gasteiger partial charge in [-0.05, 0) is 43.9 Å². The van der Waals surface area contributed by atoms with Crippen LogP contribution in [0.1, 0.15) is 43.0 Å². The second kappa shape index (κ2) is 7.18. The first-order chi connectivity index (χ1) is 11.6. The van der Waals surface area contributed by atoms with Gasteiger partial charge in [-0.25, -0.2) is 0 Å². The Morgan fingerprint density at radius 2 is 1.88 bits per heavy atom. The van der Waals surface area contributed by atoms with E-state index in [4.69, 9.17) is 0 Å². The van der Waals surface area contributed by atoms with Crippen LogP contribution in [0.5, 0.6) is 0 Å². The third kappa shape index (κ3) is 3.36. The third-order valence-electron chi connectivity index (χ3n) is 4.86. The summed E-state index contributed by atoms with van der Waals surface area (Å²) >= 11 is 0. The van der Waals surface area contributed by atoms with Gasteiger partial charge in [0.1, 0.15) is 0 Å². The molecular weight excluding hydrogens is 296 g/mol. The quantitative estimate of drug-likeness (QED) is 0.902. The zero-order chi connectivity index (χ0) is 17.1. The molecule has 0 aromatic heterocycles. The number of rotatable bonds is 5. The monoisotopic (exact) mass is 322 g/mol. The summed E-state index contributed by atoms with van der Waals surface area (Å²) in [7, 11) is 0. The highest BCUT2D eigenvalue weighted by molar-refractivity contribution is 5.98. The number of para-hydroxylation sites is 1. The van der Waals surface area contributed by atoms with Crippen molar-refractivity contribution in [2.24, 2.45) is 0 Å². The molecule has 3 rings (SSSR count). The van der Waals surface area contributed by atoms with Crippen LogP contribution < -0.4 is 10.2 Å². The average molecular weight is 322 g/mol. The number of amides is 1. The van der Waals surface area contributed by atoms with Gasteiger partial charge in [0.05, 0.1) is 6.04 Å². The number of anilines is 1. The fourth-order valence-electron chi connectivity index (χ4n) is 3.42. The minimum absolute atomic E-state index is 0.158. The first-order valence-corrected chi connectivity index (χ1v) is 8.82. The zero-order valence-corrected chi connectivity index (χ0v) is 14.8. The SMILES string of the molecule is CC[C@@H](N[C@H](C)C(=O)N1CCc2ccccc21)c1ccc(C)cc1. The van der Waals surface area contributed by atoms with Crippen LogP contribution in [0.25, 0.3) is 0 Å². The van der Waals surface area contributed by atoms with Crippen molar-refractivity contribution in [3.63, 3.8) is 0 Å². The van der Waals surface area contributed by atoms with Crippen molar-refractivity contribution in [1.29, 1.82) is 0 Å². The Bertz CT molecular complexity index is 708. The molecule has 2 atom stereocenters. The summed E-state index contributed by atoms with van der Waals surface area (Å²) in [6, 6.07) is 16.8. The molecule has 1 aliphatic heterocycles. The summed E-state index contributed by atoms with van der Waals surface area (Å²) in [6.07, 6.45) is 1.90. The lowest BCUT2D eigenvalue weighted by molar-refractivity contribution is -0.120. The van der Waals surface area contributed by atoms with E-state index < -0.39 is 0 Å². The molecule has 1 aliphatic rings. The topological polar surface area (TPSA) is 32.3 Å². The maximum atomic E-state index is 12.9. The Balaban J connectivity index is 1.71. The molecule has 0 unspecified atom stereocenters. The highest BCUT2D eigenvalue weighted by Crippen LogP contribution is 2.28. The Morgan fingerprint density at radius 1 is 1.17 bits per heavy atom. The highest BCUT2D eigenvalue weighted by atomic mass is 16.2. The number of hydrogen-bond donors (Lipinski definition) is 1. The number of aryl methyl sites for hydroxylation is 1. The van der Waals surface area contributed by atoms with Crippen LogP contribution in [-0.2, 0) is 11.2 Å². The largest absolute Gasteiger partial charge is 0.310 e. The molecule has 1 amide bonds. The molecule has 3 nitrogen and oxygen atoms in total. The molecule has 0 bridgehead atoms. The minimum Gasteiger partial charge on any atom is -0.310 e. The Hall–Kier alpha value is -2.13. The van der Waals surface area contributed by atoms with Crippen LogP contribution in [-0.4, -0.2) is 18.5 Å². The van der Waals surface area contributed by atoms with Gasteiger partial charge in [0, 0.05) is 18.3 Å². The van der Waals surface area contributed by atoms with Crippen LogP contribution >= 0.6 is 0 Å². The van der Waals surface area contributed by atoms with E-state index in [-0.39, 0.29) is 18.0 Å². The standard InChI is InChI=1S/C21H26N2O/c1-4-19(17-11-9-15(2)10-12-17)22-16(3)21(24)23-14-13-18-7-5-6-8-20(18)23/h5-12,16,19,22H,4,13-14H2,1-3H3/t16-,19-/m1/s1. The van der Waals surface area contributed by atoms with Crippen molar-refractivity contribution in [2.75, 3.05) is 11.4 Å². The number of benzene rings is 2. The molecule has 0 saturated carbocycles. The molecule has 1 N–H and O–H groups in total. The number of nitrogens with one attached hydrogen (secondary N) is 1. The molecule has 2 aromatic carbocycles. The predicted molar refractivity (Wildman–Crippen MR) is 99.3 cm³/mol. The zero-order valence-electron chi connectivity index (χ0n) is 14.8. The van der Waals surface area contributed by atoms with Crippen LogP contribution in [0, 0.1) is 6.92 Å². The van der Waals surface area contributed by atoms with Gasteiger partial charge in [-0.3, -0.25) is 10.1 Å². The van der Waals surface area contributed by atoms with Crippen molar-refractivity contribution < 1.29 is 4.79 Å². The van der Waals surface area contributed by atoms with Gasteiger partial charge in [0.2, 0.25) is 5.91 Å². The maximum Gasteiger partial charge on any atom is 0.243 e. The number of fused-ring (bicyclic) bond motifs is 1. The summed E-state index contributed by atoms with van der Waals surface area (Å²) in [5.41, 5.74) is 4.83. The third-order valence-corrected chi connectivity index (χ3v) is 4.86. The number of hydrogen-bond acceptors (Lipinski definition) is 2. The summed E-state index contributed by atoms with van der Waals surface area (Å²) in [5.74, 6) is 0.158. The lowest BCUT2D eigenvalue weighted by atomic mass is 10.0. The average Bonchev–Trinajstić information content (AvgIpc) is 3.03. The van der Waals surface area contributed by atoms with E-state index in [1.165, 1.54) is 16.7 Å². The normalized spacial score (nSPS) is 15.9. The van der Waals surface area contributed by atoms with Crippen molar-refractivity contribution in [3.05, 3.63) is 65.2 Å². The summed E-state index contributed by atoms with van der Waals surface area (Å²) < 4.78 is 0. The molecule has 0 saturated heterocycles. The molecule has 0 radical (unpaired) electrons. The highest BCUT2D eigenvalue weighted by Gasteiger charge is 2.28. The van der Waals surface area contributed by atoms with E-state index in [1.54, 1.807) is 0 Å². The predicted octanol–water partition coefficient (Wildman–Crippen LogP) is 4.01. The van der Waals surface area contributed by atoms with Gasteiger partial charge in [0.15, 0.2) is 0 Å². The van der Waals surface area contributed by atoms with Gasteiger partial charge in [-0.2, -0.15) is 0 Å². The van der Waals surface area contributed by atoms with Gasteiger partial charge < -0.3 is 4.90 Å². The van der Waals surface area contributed by atoms with E-state index in [0.29, 0.717) is 0 Å². The second-order valence-electron chi connectivity index (χ2n) is 6.63. The van der Waals surface area contributed by atoms with Gasteiger partial charge in [0.25, 0.3) is 0 Å². The van der Waals surface area contributed by atoms with E-state index in [1.807, 2.05) is 30.0 Å². The Labute approximate surface area is 144 Å². The second-order valence-corrected chi connectivity index (χ2v) is 6.63. The molecule has 1 heterocycles. The minimum atomic E-state index is -0.206. The van der Waals surface area contributed by atoms with Crippen LogP contribution in [0.4, 0.5) is 5.69 Å². The number of nitrogens with zero attached hydrogens (tertiary/aromatic N) is 1.